The van der Waals surface area contributed by atoms with E-state index in [0.717, 1.165) is 5.75 Å². The number of amides is 2. The molecule has 0 bridgehead atoms. The minimum Gasteiger partial charge on any atom is -0.480 e. The van der Waals surface area contributed by atoms with E-state index >= 15 is 0 Å². The smallest absolute Gasteiger partial charge is 0.326 e. The first kappa shape index (κ1) is 17.1. The second-order valence-electron chi connectivity index (χ2n) is 4.62. The number of carbonyl (C=O) groups is 2. The summed E-state index contributed by atoms with van der Waals surface area (Å²) < 4.78 is 0. The monoisotopic (exact) mass is 276 g/mol. The lowest BCUT2D eigenvalue weighted by Gasteiger charge is -2.21. The van der Waals surface area contributed by atoms with Crippen LogP contribution in [0.15, 0.2) is 0 Å². The summed E-state index contributed by atoms with van der Waals surface area (Å²) in [4.78, 5) is 22.6. The van der Waals surface area contributed by atoms with Crippen LogP contribution in [0.2, 0.25) is 0 Å². The molecule has 0 saturated carbocycles. The third-order valence-electron chi connectivity index (χ3n) is 2.83. The molecule has 0 spiro atoms. The van der Waals surface area contributed by atoms with Crippen molar-refractivity contribution < 1.29 is 14.7 Å². The van der Waals surface area contributed by atoms with E-state index in [1.54, 1.807) is 11.8 Å². The van der Waals surface area contributed by atoms with Crippen LogP contribution in [0.25, 0.3) is 0 Å². The Hall–Kier alpha value is -0.910. The summed E-state index contributed by atoms with van der Waals surface area (Å²) in [6.07, 6.45) is 2.72. The minimum absolute atomic E-state index is 0.0862. The van der Waals surface area contributed by atoms with Crippen LogP contribution in [0.3, 0.4) is 0 Å². The van der Waals surface area contributed by atoms with E-state index < -0.39 is 18.0 Å². The highest BCUT2D eigenvalue weighted by Crippen LogP contribution is 2.08. The highest BCUT2D eigenvalue weighted by molar-refractivity contribution is 7.98. The second-order valence-corrected chi connectivity index (χ2v) is 5.53. The number of thioether (sulfide) groups is 1. The van der Waals surface area contributed by atoms with E-state index in [2.05, 4.69) is 10.6 Å². The summed E-state index contributed by atoms with van der Waals surface area (Å²) in [5, 5.41) is 14.3. The first-order valence-electron chi connectivity index (χ1n) is 6.18. The van der Waals surface area contributed by atoms with Crippen molar-refractivity contribution in [2.24, 2.45) is 11.8 Å². The topological polar surface area (TPSA) is 78.4 Å². The van der Waals surface area contributed by atoms with Crippen LogP contribution in [-0.4, -0.2) is 41.7 Å². The lowest BCUT2D eigenvalue weighted by atomic mass is 9.99. The number of urea groups is 1. The van der Waals surface area contributed by atoms with Gasteiger partial charge in [0.2, 0.25) is 0 Å². The van der Waals surface area contributed by atoms with Crippen LogP contribution >= 0.6 is 11.8 Å². The van der Waals surface area contributed by atoms with Gasteiger partial charge >= 0.3 is 12.0 Å². The molecule has 0 saturated heterocycles. The average Bonchev–Trinajstić information content (AvgIpc) is 2.32. The number of nitrogens with one attached hydrogen (secondary N) is 2. The van der Waals surface area contributed by atoms with Crippen LogP contribution in [0, 0.1) is 11.8 Å². The predicted octanol–water partition coefficient (Wildman–Crippen LogP) is 1.78. The van der Waals surface area contributed by atoms with Gasteiger partial charge in [-0.1, -0.05) is 27.2 Å². The molecule has 0 fully saturated rings. The normalized spacial score (nSPS) is 15.6. The molecule has 5 nitrogen and oxygen atoms in total. The maximum Gasteiger partial charge on any atom is 0.326 e. The molecule has 0 aliphatic carbocycles. The van der Waals surface area contributed by atoms with E-state index in [9.17, 15) is 9.59 Å². The Kier molecular flexibility index (Phi) is 8.62. The quantitative estimate of drug-likeness (QED) is 0.631. The van der Waals surface area contributed by atoms with E-state index in [4.69, 9.17) is 5.11 Å². The van der Waals surface area contributed by atoms with Gasteiger partial charge in [0.25, 0.3) is 0 Å². The van der Waals surface area contributed by atoms with Crippen molar-refractivity contribution in [1.82, 2.24) is 10.6 Å². The van der Waals surface area contributed by atoms with Gasteiger partial charge in [0.05, 0.1) is 0 Å². The zero-order chi connectivity index (χ0) is 14.1. The predicted molar refractivity (Wildman–Crippen MR) is 75.0 cm³/mol. The van der Waals surface area contributed by atoms with Crippen molar-refractivity contribution in [1.29, 1.82) is 0 Å². The summed E-state index contributed by atoms with van der Waals surface area (Å²) >= 11 is 1.72. The molecular weight excluding hydrogens is 252 g/mol. The Morgan fingerprint density at radius 1 is 1.33 bits per heavy atom. The van der Waals surface area contributed by atoms with Gasteiger partial charge in [-0.25, -0.2) is 9.59 Å². The number of hydrogen-bond donors (Lipinski definition) is 3. The van der Waals surface area contributed by atoms with Crippen LogP contribution in [0.1, 0.15) is 27.2 Å². The number of carboxylic acid groups (broad SMARTS) is 1. The van der Waals surface area contributed by atoms with Crippen molar-refractivity contribution in [2.45, 2.75) is 33.2 Å². The summed E-state index contributed by atoms with van der Waals surface area (Å²) in [7, 11) is 0. The summed E-state index contributed by atoms with van der Waals surface area (Å²) in [6, 6.07) is -1.23. The molecule has 18 heavy (non-hydrogen) atoms. The molecule has 106 valence electrons. The van der Waals surface area contributed by atoms with Crippen molar-refractivity contribution in [2.75, 3.05) is 18.6 Å². The third kappa shape index (κ3) is 6.74. The standard InChI is InChI=1S/C12H24N2O3S/c1-5-9(3)10(11(15)16)14-12(17)13-6-8(2)7-18-4/h8-10H,5-7H2,1-4H3,(H,15,16)(H2,13,14,17)/t8?,9-,10-/m0/s1. The Morgan fingerprint density at radius 2 is 1.94 bits per heavy atom. The molecule has 0 rings (SSSR count). The van der Waals surface area contributed by atoms with E-state index in [1.807, 2.05) is 27.0 Å². The van der Waals surface area contributed by atoms with Gasteiger partial charge in [0.1, 0.15) is 6.04 Å². The Morgan fingerprint density at radius 3 is 2.39 bits per heavy atom. The van der Waals surface area contributed by atoms with Gasteiger partial charge in [0, 0.05) is 6.54 Å². The van der Waals surface area contributed by atoms with E-state index in [0.29, 0.717) is 18.9 Å². The zero-order valence-corrected chi connectivity index (χ0v) is 12.3. The zero-order valence-electron chi connectivity index (χ0n) is 11.5. The lowest BCUT2D eigenvalue weighted by molar-refractivity contribution is -0.140. The molecule has 0 aliphatic heterocycles. The van der Waals surface area contributed by atoms with Gasteiger partial charge < -0.3 is 15.7 Å². The Labute approximate surface area is 113 Å². The number of rotatable bonds is 8. The second kappa shape index (κ2) is 9.08. The fourth-order valence-corrected chi connectivity index (χ4v) is 2.17. The SMILES string of the molecule is CC[C@H](C)[C@H](NC(=O)NCC(C)CSC)C(=O)O. The maximum atomic E-state index is 11.6. The molecule has 0 aromatic heterocycles. The van der Waals surface area contributed by atoms with Gasteiger partial charge in [-0.3, -0.25) is 0 Å². The summed E-state index contributed by atoms with van der Waals surface area (Å²) in [6.45, 7) is 6.32. The number of aliphatic carboxylic acids is 1. The largest absolute Gasteiger partial charge is 0.480 e. The third-order valence-corrected chi connectivity index (χ3v) is 3.73. The van der Waals surface area contributed by atoms with Crippen LogP contribution in [0.5, 0.6) is 0 Å². The molecule has 0 aliphatic rings. The molecule has 0 heterocycles. The van der Waals surface area contributed by atoms with Crippen molar-refractivity contribution in [3.63, 3.8) is 0 Å². The Bertz CT molecular complexity index is 274. The molecule has 2 amide bonds. The number of hydrogen-bond acceptors (Lipinski definition) is 3. The molecule has 0 aromatic rings. The van der Waals surface area contributed by atoms with Gasteiger partial charge in [0.15, 0.2) is 0 Å². The fraction of sp³-hybridized carbons (Fsp3) is 0.833. The van der Waals surface area contributed by atoms with Gasteiger partial charge in [-0.05, 0) is 23.8 Å². The highest BCUT2D eigenvalue weighted by atomic mass is 32.2. The molecular formula is C12H24N2O3S. The highest BCUT2D eigenvalue weighted by Gasteiger charge is 2.25. The van der Waals surface area contributed by atoms with Crippen molar-refractivity contribution in [3.8, 4) is 0 Å². The minimum atomic E-state index is -0.989. The van der Waals surface area contributed by atoms with E-state index in [-0.39, 0.29) is 5.92 Å². The summed E-state index contributed by atoms with van der Waals surface area (Å²) in [5.74, 6) is 0.264. The van der Waals surface area contributed by atoms with Crippen molar-refractivity contribution >= 4 is 23.8 Å². The average molecular weight is 276 g/mol. The number of carbonyl (C=O) groups excluding carboxylic acids is 1. The van der Waals surface area contributed by atoms with Crippen LogP contribution in [0.4, 0.5) is 4.79 Å². The molecule has 6 heteroatoms. The molecule has 0 radical (unpaired) electrons. The van der Waals surface area contributed by atoms with Crippen LogP contribution in [-0.2, 0) is 4.79 Å². The van der Waals surface area contributed by atoms with Crippen molar-refractivity contribution in [3.05, 3.63) is 0 Å². The molecule has 3 N–H and O–H groups in total. The van der Waals surface area contributed by atoms with Crippen LogP contribution < -0.4 is 10.6 Å². The molecule has 3 atom stereocenters. The molecule has 0 aromatic carbocycles. The first-order chi connectivity index (χ1) is 8.42. The first-order valence-corrected chi connectivity index (χ1v) is 7.57. The fourth-order valence-electron chi connectivity index (χ4n) is 1.49. The summed E-state index contributed by atoms with van der Waals surface area (Å²) in [5.41, 5.74) is 0. The Balaban J connectivity index is 4.14. The molecule has 1 unspecified atom stereocenters. The maximum absolute atomic E-state index is 11.6. The number of carboxylic acids is 1. The van der Waals surface area contributed by atoms with E-state index in [1.165, 1.54) is 0 Å². The van der Waals surface area contributed by atoms with Gasteiger partial charge in [-0.15, -0.1) is 0 Å². The lowest BCUT2D eigenvalue weighted by Crippen LogP contribution is -2.49. The van der Waals surface area contributed by atoms with Gasteiger partial charge in [-0.2, -0.15) is 11.8 Å².